The van der Waals surface area contributed by atoms with Gasteiger partial charge in [0.05, 0.1) is 14.2 Å². The van der Waals surface area contributed by atoms with E-state index in [2.05, 4.69) is 24.5 Å². The molecule has 3 rings (SSSR count). The molecule has 144 valence electrons. The van der Waals surface area contributed by atoms with E-state index < -0.39 is 0 Å². The van der Waals surface area contributed by atoms with Crippen molar-refractivity contribution in [1.82, 2.24) is 5.32 Å². The summed E-state index contributed by atoms with van der Waals surface area (Å²) in [7, 11) is 3.23. The predicted molar refractivity (Wildman–Crippen MR) is 111 cm³/mol. The lowest BCUT2D eigenvalue weighted by molar-refractivity contribution is -0.111. The van der Waals surface area contributed by atoms with Gasteiger partial charge in [-0.3, -0.25) is 4.79 Å². The molecule has 1 amide bonds. The third-order valence-corrected chi connectivity index (χ3v) is 4.32. The summed E-state index contributed by atoms with van der Waals surface area (Å²) in [6.07, 6.45) is 2.42. The monoisotopic (exact) mass is 388 g/mol. The zero-order chi connectivity index (χ0) is 18.7. The fraction of sp³-hybridized carbons (Fsp3) is 0.286. The minimum Gasteiger partial charge on any atom is -0.493 e. The van der Waals surface area contributed by atoms with Gasteiger partial charge in [0.15, 0.2) is 11.5 Å². The average molecular weight is 389 g/mol. The van der Waals surface area contributed by atoms with Crippen LogP contribution >= 0.6 is 12.4 Å². The van der Waals surface area contributed by atoms with Gasteiger partial charge in [0, 0.05) is 28.6 Å². The van der Waals surface area contributed by atoms with Gasteiger partial charge < -0.3 is 20.1 Å². The quantitative estimate of drug-likeness (QED) is 0.776. The Bertz CT molecular complexity index is 848. The van der Waals surface area contributed by atoms with Gasteiger partial charge in [-0.1, -0.05) is 18.2 Å². The predicted octanol–water partition coefficient (Wildman–Crippen LogP) is 4.03. The van der Waals surface area contributed by atoms with E-state index in [-0.39, 0.29) is 23.9 Å². The number of amides is 1. The number of para-hydroxylation sites is 1. The number of rotatable bonds is 4. The molecule has 0 saturated carbocycles. The Kier molecular flexibility index (Phi) is 6.39. The van der Waals surface area contributed by atoms with E-state index >= 15 is 0 Å². The summed E-state index contributed by atoms with van der Waals surface area (Å²) >= 11 is 0. The van der Waals surface area contributed by atoms with E-state index in [9.17, 15) is 4.79 Å². The van der Waals surface area contributed by atoms with Crippen molar-refractivity contribution in [3.63, 3.8) is 0 Å². The van der Waals surface area contributed by atoms with Gasteiger partial charge >= 0.3 is 0 Å². The molecule has 0 spiro atoms. The fourth-order valence-corrected chi connectivity index (χ4v) is 3.22. The van der Waals surface area contributed by atoms with E-state index in [1.54, 1.807) is 20.3 Å². The molecule has 1 heterocycles. The highest BCUT2D eigenvalue weighted by atomic mass is 35.5. The highest BCUT2D eigenvalue weighted by Crippen LogP contribution is 2.37. The zero-order valence-corrected chi connectivity index (χ0v) is 16.8. The largest absolute Gasteiger partial charge is 0.493 e. The van der Waals surface area contributed by atoms with Gasteiger partial charge in [0.2, 0.25) is 5.91 Å². The molecule has 2 aromatic carbocycles. The maximum atomic E-state index is 12.5. The third kappa shape index (κ3) is 4.74. The van der Waals surface area contributed by atoms with E-state index in [0.717, 1.165) is 28.9 Å². The van der Waals surface area contributed by atoms with Crippen LogP contribution in [0.2, 0.25) is 0 Å². The number of halogens is 1. The van der Waals surface area contributed by atoms with Gasteiger partial charge in [-0.05, 0) is 50.1 Å². The summed E-state index contributed by atoms with van der Waals surface area (Å²) < 4.78 is 10.8. The molecule has 0 radical (unpaired) electrons. The molecule has 2 N–H and O–H groups in total. The van der Waals surface area contributed by atoms with Crippen molar-refractivity contribution in [2.24, 2.45) is 0 Å². The van der Waals surface area contributed by atoms with Gasteiger partial charge in [-0.25, -0.2) is 0 Å². The van der Waals surface area contributed by atoms with Crippen LogP contribution in [0.5, 0.6) is 11.5 Å². The van der Waals surface area contributed by atoms with E-state index in [4.69, 9.17) is 9.47 Å². The normalized spacial score (nSPS) is 15.8. The molecule has 1 aliphatic rings. The number of carbonyl (C=O) groups excluding carboxylic acids is 1. The number of benzene rings is 2. The number of ether oxygens (including phenoxy) is 2. The first-order valence-electron chi connectivity index (χ1n) is 8.53. The molecule has 2 aromatic rings. The second-order valence-corrected chi connectivity index (χ2v) is 6.96. The Morgan fingerprint density at radius 3 is 2.37 bits per heavy atom. The van der Waals surface area contributed by atoms with Crippen molar-refractivity contribution in [2.45, 2.75) is 25.8 Å². The van der Waals surface area contributed by atoms with Crippen molar-refractivity contribution in [2.75, 3.05) is 19.5 Å². The minimum absolute atomic E-state index is 0. The van der Waals surface area contributed by atoms with E-state index in [1.807, 2.05) is 42.5 Å². The molecule has 0 atom stereocenters. The topological polar surface area (TPSA) is 59.6 Å². The molecule has 27 heavy (non-hydrogen) atoms. The van der Waals surface area contributed by atoms with Crippen molar-refractivity contribution in [3.8, 4) is 11.5 Å². The number of hydrogen-bond donors (Lipinski definition) is 2. The summed E-state index contributed by atoms with van der Waals surface area (Å²) in [5, 5.41) is 6.35. The molecule has 0 aromatic heterocycles. The average Bonchev–Trinajstić information content (AvgIpc) is 2.60. The summed E-state index contributed by atoms with van der Waals surface area (Å²) in [4.78, 5) is 12.5. The zero-order valence-electron chi connectivity index (χ0n) is 16.0. The number of carbonyl (C=O) groups is 1. The smallest absolute Gasteiger partial charge is 0.250 e. The van der Waals surface area contributed by atoms with Crippen molar-refractivity contribution in [1.29, 1.82) is 0 Å². The number of hydrogen-bond acceptors (Lipinski definition) is 4. The molecule has 1 aliphatic heterocycles. The maximum absolute atomic E-state index is 12.5. The first-order chi connectivity index (χ1) is 12.4. The molecule has 0 bridgehead atoms. The Labute approximate surface area is 166 Å². The van der Waals surface area contributed by atoms with Gasteiger partial charge in [0.1, 0.15) is 0 Å². The number of methoxy groups -OCH3 is 2. The van der Waals surface area contributed by atoms with Gasteiger partial charge in [-0.15, -0.1) is 12.4 Å². The van der Waals surface area contributed by atoms with E-state index in [0.29, 0.717) is 11.5 Å². The Morgan fingerprint density at radius 2 is 1.74 bits per heavy atom. The summed E-state index contributed by atoms with van der Waals surface area (Å²) in [6.45, 7) is 4.21. The lowest BCUT2D eigenvalue weighted by Crippen LogP contribution is -2.44. The second-order valence-electron chi connectivity index (χ2n) is 6.96. The third-order valence-electron chi connectivity index (χ3n) is 4.32. The first-order valence-corrected chi connectivity index (χ1v) is 8.53. The summed E-state index contributed by atoms with van der Waals surface area (Å²) in [5.74, 6) is 1.15. The van der Waals surface area contributed by atoms with Crippen LogP contribution in [0, 0.1) is 0 Å². The van der Waals surface area contributed by atoms with Crippen LogP contribution < -0.4 is 20.1 Å². The maximum Gasteiger partial charge on any atom is 0.250 e. The van der Waals surface area contributed by atoms with Crippen molar-refractivity contribution < 1.29 is 14.3 Å². The molecular formula is C21H25ClN2O3. The number of fused-ring (bicyclic) bond motifs is 1. The lowest BCUT2D eigenvalue weighted by Gasteiger charge is -2.36. The molecule has 0 saturated heterocycles. The highest BCUT2D eigenvalue weighted by molar-refractivity contribution is 6.04. The number of nitrogens with one attached hydrogen (secondary N) is 2. The number of anilines is 1. The van der Waals surface area contributed by atoms with Gasteiger partial charge in [0.25, 0.3) is 0 Å². The Balaban J connectivity index is 0.00000261. The van der Waals surface area contributed by atoms with Crippen LogP contribution in [0.3, 0.4) is 0 Å². The van der Waals surface area contributed by atoms with Crippen LogP contribution in [-0.2, 0) is 11.2 Å². The van der Waals surface area contributed by atoms with Crippen molar-refractivity contribution in [3.05, 3.63) is 59.7 Å². The molecule has 0 unspecified atom stereocenters. The summed E-state index contributed by atoms with van der Waals surface area (Å²) in [5.41, 5.74) is 3.42. The van der Waals surface area contributed by atoms with Gasteiger partial charge in [-0.2, -0.15) is 0 Å². The van der Waals surface area contributed by atoms with E-state index in [1.165, 1.54) is 0 Å². The first kappa shape index (κ1) is 20.6. The molecule has 6 heteroatoms. The SMILES string of the molecule is COc1cc2c(cc1OC)/C(=C/C(=O)Nc1ccccc1)NC(C)(C)C2.Cl. The molecular weight excluding hydrogens is 364 g/mol. The van der Waals surface area contributed by atoms with Crippen LogP contribution in [0.25, 0.3) is 5.70 Å². The molecule has 0 fully saturated rings. The lowest BCUT2D eigenvalue weighted by atomic mass is 9.85. The second kappa shape index (κ2) is 8.35. The Hall–Kier alpha value is -2.66. The minimum atomic E-state index is -0.183. The van der Waals surface area contributed by atoms with Crippen LogP contribution in [0.15, 0.2) is 48.5 Å². The van der Waals surface area contributed by atoms with Crippen molar-refractivity contribution >= 4 is 29.7 Å². The fourth-order valence-electron chi connectivity index (χ4n) is 3.22. The Morgan fingerprint density at radius 1 is 1.11 bits per heavy atom. The van der Waals surface area contributed by atoms with Crippen LogP contribution in [-0.4, -0.2) is 25.7 Å². The molecule has 5 nitrogen and oxygen atoms in total. The van der Waals surface area contributed by atoms with Crippen LogP contribution in [0.1, 0.15) is 25.0 Å². The van der Waals surface area contributed by atoms with Crippen LogP contribution in [0.4, 0.5) is 5.69 Å². The standard InChI is InChI=1S/C21H24N2O3.ClH/c1-21(2)13-14-10-18(25-3)19(26-4)11-16(14)17(23-21)12-20(24)22-15-8-6-5-7-9-15;/h5-12,23H,13H2,1-4H3,(H,22,24);1H/b17-12-;. The highest BCUT2D eigenvalue weighted by Gasteiger charge is 2.29. The molecule has 0 aliphatic carbocycles. The summed E-state index contributed by atoms with van der Waals surface area (Å²) in [6, 6.07) is 13.3.